The van der Waals surface area contributed by atoms with E-state index in [4.69, 9.17) is 9.26 Å². The van der Waals surface area contributed by atoms with E-state index in [0.29, 0.717) is 24.9 Å². The predicted molar refractivity (Wildman–Crippen MR) is 114 cm³/mol. The SMILES string of the molecule is CCOc1ccc(-c2noc(C3=C(C)N(CC)C(=O)NC3c3ccccc3)n2)cc1. The molecular weight excluding hydrogens is 380 g/mol. The summed E-state index contributed by atoms with van der Waals surface area (Å²) >= 11 is 0. The smallest absolute Gasteiger partial charge is 0.322 e. The largest absolute Gasteiger partial charge is 0.494 e. The first-order chi connectivity index (χ1) is 14.6. The van der Waals surface area contributed by atoms with Gasteiger partial charge in [-0.15, -0.1) is 0 Å². The Hall–Kier alpha value is -3.61. The van der Waals surface area contributed by atoms with E-state index in [0.717, 1.165) is 28.1 Å². The summed E-state index contributed by atoms with van der Waals surface area (Å²) in [5, 5.41) is 7.25. The van der Waals surface area contributed by atoms with Gasteiger partial charge in [-0.2, -0.15) is 4.98 Å². The fourth-order valence-corrected chi connectivity index (χ4v) is 3.65. The third-order valence-corrected chi connectivity index (χ3v) is 5.13. The van der Waals surface area contributed by atoms with Crippen molar-refractivity contribution >= 4 is 11.6 Å². The third kappa shape index (κ3) is 3.66. The summed E-state index contributed by atoms with van der Waals surface area (Å²) in [4.78, 5) is 18.9. The highest BCUT2D eigenvalue weighted by Crippen LogP contribution is 2.37. The summed E-state index contributed by atoms with van der Waals surface area (Å²) < 4.78 is 11.1. The van der Waals surface area contributed by atoms with Gasteiger partial charge in [-0.05, 0) is 50.6 Å². The Balaban J connectivity index is 1.74. The van der Waals surface area contributed by atoms with Crippen molar-refractivity contribution in [3.63, 3.8) is 0 Å². The highest BCUT2D eigenvalue weighted by Gasteiger charge is 2.35. The summed E-state index contributed by atoms with van der Waals surface area (Å²) in [6.45, 7) is 6.94. The molecule has 0 bridgehead atoms. The highest BCUT2D eigenvalue weighted by atomic mass is 16.5. The van der Waals surface area contributed by atoms with Crippen molar-refractivity contribution in [3.8, 4) is 17.1 Å². The van der Waals surface area contributed by atoms with Crippen molar-refractivity contribution in [3.05, 3.63) is 71.7 Å². The summed E-state index contributed by atoms with van der Waals surface area (Å²) in [5.41, 5.74) is 3.39. The maximum Gasteiger partial charge on any atom is 0.322 e. The van der Waals surface area contributed by atoms with E-state index in [1.165, 1.54) is 0 Å². The van der Waals surface area contributed by atoms with Crippen LogP contribution in [0.5, 0.6) is 5.75 Å². The fraction of sp³-hybridized carbons (Fsp3) is 0.261. The van der Waals surface area contributed by atoms with Crippen LogP contribution in [-0.4, -0.2) is 34.2 Å². The number of aromatic nitrogens is 2. The Morgan fingerprint density at radius 1 is 1.10 bits per heavy atom. The van der Waals surface area contributed by atoms with Gasteiger partial charge in [0.25, 0.3) is 5.89 Å². The van der Waals surface area contributed by atoms with Crippen molar-refractivity contribution < 1.29 is 14.1 Å². The van der Waals surface area contributed by atoms with Crippen molar-refractivity contribution in [2.24, 2.45) is 0 Å². The van der Waals surface area contributed by atoms with Crippen LogP contribution in [0.3, 0.4) is 0 Å². The number of ether oxygens (including phenoxy) is 1. The highest BCUT2D eigenvalue weighted by molar-refractivity contribution is 5.86. The van der Waals surface area contributed by atoms with Gasteiger partial charge in [0.05, 0.1) is 18.2 Å². The van der Waals surface area contributed by atoms with Crippen molar-refractivity contribution in [1.82, 2.24) is 20.4 Å². The van der Waals surface area contributed by atoms with E-state index < -0.39 is 0 Å². The molecule has 30 heavy (non-hydrogen) atoms. The lowest BCUT2D eigenvalue weighted by molar-refractivity contribution is 0.207. The molecule has 7 heteroatoms. The molecule has 0 aliphatic carbocycles. The number of benzene rings is 2. The van der Waals surface area contributed by atoms with Crippen LogP contribution in [0.25, 0.3) is 17.0 Å². The van der Waals surface area contributed by atoms with Crippen LogP contribution in [0, 0.1) is 0 Å². The van der Waals surface area contributed by atoms with Gasteiger partial charge >= 0.3 is 6.03 Å². The first kappa shape index (κ1) is 19.7. The van der Waals surface area contributed by atoms with Gasteiger partial charge in [-0.1, -0.05) is 35.5 Å². The van der Waals surface area contributed by atoms with Gasteiger partial charge in [0.15, 0.2) is 0 Å². The van der Waals surface area contributed by atoms with E-state index in [1.54, 1.807) is 4.90 Å². The van der Waals surface area contributed by atoms with E-state index >= 15 is 0 Å². The lowest BCUT2D eigenvalue weighted by Gasteiger charge is -2.34. The molecule has 1 unspecified atom stereocenters. The number of nitrogens with one attached hydrogen (secondary N) is 1. The number of hydrogen-bond donors (Lipinski definition) is 1. The van der Waals surface area contributed by atoms with Crippen molar-refractivity contribution in [2.75, 3.05) is 13.2 Å². The maximum absolute atomic E-state index is 12.6. The standard InChI is InChI=1S/C23H24N4O3/c1-4-27-15(3)19(20(24-23(27)28)16-9-7-6-8-10-16)22-25-21(26-30-22)17-11-13-18(14-12-17)29-5-2/h6-14,20H,4-5H2,1-3H3,(H,24,28). The number of rotatable bonds is 6. The summed E-state index contributed by atoms with van der Waals surface area (Å²) in [6, 6.07) is 16.8. The van der Waals surface area contributed by atoms with Crippen LogP contribution in [-0.2, 0) is 0 Å². The van der Waals surface area contributed by atoms with E-state index in [-0.39, 0.29) is 12.1 Å². The number of carbonyl (C=O) groups excluding carboxylic acids is 1. The molecule has 0 fully saturated rings. The van der Waals surface area contributed by atoms with Crippen LogP contribution in [0.15, 0.2) is 64.8 Å². The normalized spacial score (nSPS) is 16.6. The van der Waals surface area contributed by atoms with Crippen LogP contribution in [0.1, 0.15) is 38.3 Å². The molecule has 0 saturated heterocycles. The molecule has 0 radical (unpaired) electrons. The monoisotopic (exact) mass is 404 g/mol. The van der Waals surface area contributed by atoms with Crippen LogP contribution < -0.4 is 10.1 Å². The molecule has 2 aromatic carbocycles. The van der Waals surface area contributed by atoms with E-state index in [2.05, 4.69) is 15.5 Å². The molecule has 3 aromatic rings. The zero-order chi connectivity index (χ0) is 21.1. The molecule has 2 amide bonds. The second-order valence-electron chi connectivity index (χ2n) is 6.92. The van der Waals surface area contributed by atoms with Crippen LogP contribution in [0.2, 0.25) is 0 Å². The average molecular weight is 404 g/mol. The summed E-state index contributed by atoms with van der Waals surface area (Å²) in [5.74, 6) is 1.67. The topological polar surface area (TPSA) is 80.5 Å². The Kier molecular flexibility index (Phi) is 5.52. The van der Waals surface area contributed by atoms with Crippen molar-refractivity contribution in [2.45, 2.75) is 26.8 Å². The average Bonchev–Trinajstić information content (AvgIpc) is 3.25. The molecule has 0 saturated carbocycles. The van der Waals surface area contributed by atoms with E-state index in [1.807, 2.05) is 75.4 Å². The maximum atomic E-state index is 12.6. The molecule has 7 nitrogen and oxygen atoms in total. The van der Waals surface area contributed by atoms with Crippen molar-refractivity contribution in [1.29, 1.82) is 0 Å². The second-order valence-corrected chi connectivity index (χ2v) is 6.92. The Morgan fingerprint density at radius 3 is 2.50 bits per heavy atom. The summed E-state index contributed by atoms with van der Waals surface area (Å²) in [6.07, 6.45) is 0. The summed E-state index contributed by atoms with van der Waals surface area (Å²) in [7, 11) is 0. The number of allylic oxidation sites excluding steroid dienone is 1. The number of nitrogens with zero attached hydrogens (tertiary/aromatic N) is 3. The molecule has 154 valence electrons. The molecule has 1 aromatic heterocycles. The van der Waals surface area contributed by atoms with Gasteiger partial charge < -0.3 is 14.6 Å². The number of urea groups is 1. The molecular formula is C23H24N4O3. The van der Waals surface area contributed by atoms with Gasteiger partial charge in [0, 0.05) is 17.8 Å². The van der Waals surface area contributed by atoms with Gasteiger partial charge in [0.2, 0.25) is 5.82 Å². The zero-order valence-corrected chi connectivity index (χ0v) is 17.3. The number of hydrogen-bond acceptors (Lipinski definition) is 5. The Labute approximate surface area is 175 Å². The Morgan fingerprint density at radius 2 is 1.83 bits per heavy atom. The molecule has 2 heterocycles. The minimum atomic E-state index is -0.366. The Bertz CT molecular complexity index is 1060. The number of carbonyl (C=O) groups is 1. The molecule has 4 rings (SSSR count). The molecule has 1 aliphatic rings. The number of amides is 2. The molecule has 1 aliphatic heterocycles. The molecule has 0 spiro atoms. The fourth-order valence-electron chi connectivity index (χ4n) is 3.65. The zero-order valence-electron chi connectivity index (χ0n) is 17.3. The minimum absolute atomic E-state index is 0.140. The van der Waals surface area contributed by atoms with Crippen LogP contribution >= 0.6 is 0 Å². The molecule has 1 atom stereocenters. The first-order valence-electron chi connectivity index (χ1n) is 10.0. The third-order valence-electron chi connectivity index (χ3n) is 5.13. The van der Waals surface area contributed by atoms with Crippen LogP contribution in [0.4, 0.5) is 4.79 Å². The van der Waals surface area contributed by atoms with Gasteiger partial charge in [-0.3, -0.25) is 4.90 Å². The molecule has 1 N–H and O–H groups in total. The predicted octanol–water partition coefficient (Wildman–Crippen LogP) is 4.65. The lowest BCUT2D eigenvalue weighted by Crippen LogP contribution is -2.45. The quantitative estimate of drug-likeness (QED) is 0.647. The lowest BCUT2D eigenvalue weighted by atomic mass is 9.95. The first-order valence-corrected chi connectivity index (χ1v) is 10.0. The van der Waals surface area contributed by atoms with Gasteiger partial charge in [-0.25, -0.2) is 4.79 Å². The minimum Gasteiger partial charge on any atom is -0.494 e. The second kappa shape index (κ2) is 8.41. The van der Waals surface area contributed by atoms with E-state index in [9.17, 15) is 4.79 Å². The van der Waals surface area contributed by atoms with Gasteiger partial charge in [0.1, 0.15) is 5.75 Å².